The van der Waals surface area contributed by atoms with Crippen LogP contribution in [0.15, 0.2) is 30.3 Å². The molecule has 0 spiro atoms. The summed E-state index contributed by atoms with van der Waals surface area (Å²) in [6.07, 6.45) is 0.657. The minimum Gasteiger partial charge on any atom is -0.412 e. The predicted molar refractivity (Wildman–Crippen MR) is 64.8 cm³/mol. The van der Waals surface area contributed by atoms with Crippen LogP contribution in [-0.2, 0) is 11.2 Å². The van der Waals surface area contributed by atoms with Gasteiger partial charge >= 0.3 is 0 Å². The van der Waals surface area contributed by atoms with E-state index in [2.05, 4.69) is 0 Å². The summed E-state index contributed by atoms with van der Waals surface area (Å²) < 4.78 is 0. The summed E-state index contributed by atoms with van der Waals surface area (Å²) in [4.78, 5) is 10.8. The van der Waals surface area contributed by atoms with E-state index in [1.807, 2.05) is 36.3 Å². The van der Waals surface area contributed by atoms with Crippen LogP contribution in [0.4, 0.5) is 5.69 Å². The van der Waals surface area contributed by atoms with Crippen LogP contribution in [0.1, 0.15) is 11.1 Å². The van der Waals surface area contributed by atoms with Crippen molar-refractivity contribution in [1.29, 1.82) is 0 Å². The Morgan fingerprint density at radius 2 is 2.06 bits per heavy atom. The van der Waals surface area contributed by atoms with Gasteiger partial charge in [-0.25, -0.2) is 4.79 Å². The van der Waals surface area contributed by atoms with Crippen LogP contribution in [0.25, 0.3) is 16.3 Å². The predicted octanol–water partition coefficient (Wildman–Crippen LogP) is 1.37. The molecule has 3 rings (SSSR count). The molecule has 1 aliphatic rings. The van der Waals surface area contributed by atoms with Crippen LogP contribution in [0.5, 0.6) is 0 Å². The summed E-state index contributed by atoms with van der Waals surface area (Å²) in [7, 11) is 0. The van der Waals surface area contributed by atoms with Gasteiger partial charge in [-0.1, -0.05) is 18.2 Å². The highest BCUT2D eigenvalue weighted by Gasteiger charge is 2.19. The molecule has 80 valence electrons. The number of nitrogens with two attached hydrogens (primary N) is 1. The number of allylic oxidation sites excluding steroid dienone is 1. The van der Waals surface area contributed by atoms with Crippen molar-refractivity contribution in [1.82, 2.24) is 0 Å². The quantitative estimate of drug-likeness (QED) is 0.530. The van der Waals surface area contributed by atoms with Crippen LogP contribution < -0.4 is 5.73 Å². The third-order valence-corrected chi connectivity index (χ3v) is 2.90. The Balaban J connectivity index is 0.000000963. The molecule has 4 N–H and O–H groups in total. The Morgan fingerprint density at radius 1 is 1.25 bits per heavy atom. The molecule has 0 amide bonds. The smallest absolute Gasteiger partial charge is 0.128 e. The summed E-state index contributed by atoms with van der Waals surface area (Å²) in [5, 5.41) is 2.26. The molecule has 0 radical (unpaired) electrons. The molecule has 16 heavy (non-hydrogen) atoms. The lowest BCUT2D eigenvalue weighted by molar-refractivity contribution is 0.569. The second-order valence-corrected chi connectivity index (χ2v) is 3.84. The first-order valence-electron chi connectivity index (χ1n) is 4.85. The molecule has 2 aromatic carbocycles. The fourth-order valence-corrected chi connectivity index (χ4v) is 2.31. The molecule has 0 aliphatic heterocycles. The number of benzene rings is 2. The molecule has 0 bridgehead atoms. The monoisotopic (exact) mass is 213 g/mol. The van der Waals surface area contributed by atoms with Crippen LogP contribution in [0, 0.1) is 0 Å². The zero-order valence-corrected chi connectivity index (χ0v) is 8.58. The van der Waals surface area contributed by atoms with Gasteiger partial charge in [0.05, 0.1) is 0 Å². The highest BCUT2D eigenvalue weighted by Crippen LogP contribution is 2.37. The highest BCUT2D eigenvalue weighted by atomic mass is 16.1. The summed E-state index contributed by atoms with van der Waals surface area (Å²) in [6, 6.07) is 9.82. The van der Waals surface area contributed by atoms with E-state index < -0.39 is 0 Å². The number of anilines is 1. The third-order valence-electron chi connectivity index (χ3n) is 2.90. The fourth-order valence-electron chi connectivity index (χ4n) is 2.31. The SMILES string of the molecule is Nc1cc2c3c(cccc3c1)C(=C=O)C2.O. The maximum atomic E-state index is 10.8. The van der Waals surface area contributed by atoms with Crippen LogP contribution in [-0.4, -0.2) is 11.4 Å². The Bertz CT molecular complexity index is 625. The van der Waals surface area contributed by atoms with E-state index in [9.17, 15) is 4.79 Å². The number of carbonyl (C=O) groups excluding carboxylic acids is 1. The zero-order chi connectivity index (χ0) is 10.4. The van der Waals surface area contributed by atoms with Gasteiger partial charge in [0, 0.05) is 17.7 Å². The van der Waals surface area contributed by atoms with Gasteiger partial charge in [0.1, 0.15) is 5.94 Å². The van der Waals surface area contributed by atoms with Gasteiger partial charge in [-0.15, -0.1) is 0 Å². The van der Waals surface area contributed by atoms with Gasteiger partial charge in [-0.05, 0) is 34.0 Å². The molecule has 3 nitrogen and oxygen atoms in total. The van der Waals surface area contributed by atoms with E-state index in [1.54, 1.807) is 0 Å². The van der Waals surface area contributed by atoms with Gasteiger partial charge in [0.25, 0.3) is 0 Å². The van der Waals surface area contributed by atoms with Gasteiger partial charge in [0.2, 0.25) is 0 Å². The van der Waals surface area contributed by atoms with Gasteiger partial charge in [-0.2, -0.15) is 0 Å². The molecule has 1 aliphatic carbocycles. The third kappa shape index (κ3) is 1.23. The largest absolute Gasteiger partial charge is 0.412 e. The second-order valence-electron chi connectivity index (χ2n) is 3.84. The first-order chi connectivity index (χ1) is 7.29. The molecular weight excluding hydrogens is 202 g/mol. The van der Waals surface area contributed by atoms with Gasteiger partial charge in [0.15, 0.2) is 0 Å². The van der Waals surface area contributed by atoms with Crippen LogP contribution in [0.2, 0.25) is 0 Å². The zero-order valence-electron chi connectivity index (χ0n) is 8.58. The molecule has 0 aromatic heterocycles. The number of nitrogen functional groups attached to an aromatic ring is 1. The van der Waals surface area contributed by atoms with Crippen LogP contribution in [0.3, 0.4) is 0 Å². The van der Waals surface area contributed by atoms with Crippen molar-refractivity contribution >= 4 is 28.0 Å². The molecule has 0 heterocycles. The average Bonchev–Trinajstić information content (AvgIpc) is 2.58. The lowest BCUT2D eigenvalue weighted by Crippen LogP contribution is -1.87. The molecule has 2 aromatic rings. The van der Waals surface area contributed by atoms with Crippen molar-refractivity contribution in [2.75, 3.05) is 5.73 Å². The molecule has 0 saturated heterocycles. The van der Waals surface area contributed by atoms with Crippen molar-refractivity contribution in [3.63, 3.8) is 0 Å². The van der Waals surface area contributed by atoms with E-state index in [0.717, 1.165) is 33.2 Å². The van der Waals surface area contributed by atoms with Crippen molar-refractivity contribution in [3.05, 3.63) is 41.5 Å². The Labute approximate surface area is 92.5 Å². The summed E-state index contributed by atoms with van der Waals surface area (Å²) in [6.45, 7) is 0. The first-order valence-corrected chi connectivity index (χ1v) is 4.85. The summed E-state index contributed by atoms with van der Waals surface area (Å²) in [5.41, 5.74) is 9.44. The minimum atomic E-state index is 0. The topological polar surface area (TPSA) is 74.6 Å². The van der Waals surface area contributed by atoms with Crippen molar-refractivity contribution in [2.24, 2.45) is 0 Å². The van der Waals surface area contributed by atoms with E-state index in [1.165, 1.54) is 0 Å². The lowest BCUT2D eigenvalue weighted by Gasteiger charge is -2.02. The summed E-state index contributed by atoms with van der Waals surface area (Å²) in [5.74, 6) is 2.02. The maximum Gasteiger partial charge on any atom is 0.128 e. The number of hydrogen-bond acceptors (Lipinski definition) is 2. The van der Waals surface area contributed by atoms with E-state index >= 15 is 0 Å². The van der Waals surface area contributed by atoms with Crippen molar-refractivity contribution < 1.29 is 10.3 Å². The Morgan fingerprint density at radius 3 is 2.81 bits per heavy atom. The van der Waals surface area contributed by atoms with Crippen molar-refractivity contribution in [3.8, 4) is 0 Å². The molecule has 0 saturated carbocycles. The fraction of sp³-hybridized carbons (Fsp3) is 0.0769. The lowest BCUT2D eigenvalue weighted by atomic mass is 10.0. The minimum absolute atomic E-state index is 0. The van der Waals surface area contributed by atoms with E-state index in [-0.39, 0.29) is 5.48 Å². The molecule has 0 atom stereocenters. The van der Waals surface area contributed by atoms with Crippen molar-refractivity contribution in [2.45, 2.75) is 6.42 Å². The maximum absolute atomic E-state index is 10.8. The molecule has 0 fully saturated rings. The number of hydrogen-bond donors (Lipinski definition) is 1. The highest BCUT2D eigenvalue weighted by molar-refractivity contribution is 6.08. The molecule has 0 unspecified atom stereocenters. The number of rotatable bonds is 0. The Kier molecular flexibility index (Phi) is 2.27. The van der Waals surface area contributed by atoms with Crippen LogP contribution >= 0.6 is 0 Å². The second kappa shape index (κ2) is 3.49. The Hall–Kier alpha value is -2.09. The molecule has 3 heteroatoms. The summed E-state index contributed by atoms with van der Waals surface area (Å²) >= 11 is 0. The van der Waals surface area contributed by atoms with E-state index in [4.69, 9.17) is 5.73 Å². The first kappa shape index (κ1) is 10.4. The van der Waals surface area contributed by atoms with Gasteiger partial charge < -0.3 is 11.2 Å². The standard InChI is InChI=1S/C13H9NO.H2O/c14-11-5-8-2-1-3-12-10(7-15)4-9(6-11)13(8)12;/h1-3,5-6H,4,14H2;1H2. The average molecular weight is 213 g/mol. The molecular formula is C13H11NO2. The van der Waals surface area contributed by atoms with E-state index in [0.29, 0.717) is 6.42 Å². The normalized spacial score (nSPS) is 12.4. The van der Waals surface area contributed by atoms with Gasteiger partial charge in [-0.3, -0.25) is 0 Å².